The molecule has 0 N–H and O–H groups in total. The summed E-state index contributed by atoms with van der Waals surface area (Å²) < 4.78 is 7.80. The standard InChI is InChI=1S/C19H25ClN4O2S/c1-4-24-17(14-5-6-14)21-22-19(24)27-13(2)18(25)23(3)11-12-26-16-9-7-15(20)8-10-16/h7-10,13-14H,4-6,11-12H2,1-3H3. The molecule has 1 aliphatic rings. The number of amides is 1. The van der Waals surface area contributed by atoms with Crippen LogP contribution in [0.15, 0.2) is 29.4 Å². The van der Waals surface area contributed by atoms with E-state index in [2.05, 4.69) is 21.7 Å². The van der Waals surface area contributed by atoms with Gasteiger partial charge in [-0.1, -0.05) is 23.4 Å². The fourth-order valence-electron chi connectivity index (χ4n) is 2.79. The van der Waals surface area contributed by atoms with Crippen molar-refractivity contribution in [3.05, 3.63) is 35.1 Å². The number of thioether (sulfide) groups is 1. The van der Waals surface area contributed by atoms with Gasteiger partial charge in [0, 0.05) is 24.5 Å². The Morgan fingerprint density at radius 3 is 2.70 bits per heavy atom. The summed E-state index contributed by atoms with van der Waals surface area (Å²) in [5.41, 5.74) is 0. The molecule has 0 bridgehead atoms. The largest absolute Gasteiger partial charge is 0.492 e. The molecule has 6 nitrogen and oxygen atoms in total. The van der Waals surface area contributed by atoms with E-state index in [4.69, 9.17) is 16.3 Å². The van der Waals surface area contributed by atoms with E-state index in [0.29, 0.717) is 24.1 Å². The minimum atomic E-state index is -0.230. The zero-order valence-electron chi connectivity index (χ0n) is 15.9. The number of aromatic nitrogens is 3. The van der Waals surface area contributed by atoms with Gasteiger partial charge in [-0.05, 0) is 51.0 Å². The summed E-state index contributed by atoms with van der Waals surface area (Å²) in [6.45, 7) is 5.77. The molecule has 1 saturated carbocycles. The fraction of sp³-hybridized carbons (Fsp3) is 0.526. The summed E-state index contributed by atoms with van der Waals surface area (Å²) in [5.74, 6) is 2.40. The Morgan fingerprint density at radius 2 is 2.07 bits per heavy atom. The number of likely N-dealkylation sites (N-methyl/N-ethyl adjacent to an activating group) is 1. The molecule has 1 aromatic carbocycles. The highest BCUT2D eigenvalue weighted by atomic mass is 35.5. The summed E-state index contributed by atoms with van der Waals surface area (Å²) in [4.78, 5) is 14.4. The molecule has 1 atom stereocenters. The van der Waals surface area contributed by atoms with Gasteiger partial charge in [0.1, 0.15) is 18.2 Å². The summed E-state index contributed by atoms with van der Waals surface area (Å²) in [7, 11) is 1.80. The Labute approximate surface area is 169 Å². The van der Waals surface area contributed by atoms with Crippen LogP contribution in [0.25, 0.3) is 0 Å². The van der Waals surface area contributed by atoms with Crippen LogP contribution in [0.4, 0.5) is 0 Å². The van der Waals surface area contributed by atoms with Crippen LogP contribution in [0.3, 0.4) is 0 Å². The van der Waals surface area contributed by atoms with E-state index < -0.39 is 0 Å². The molecule has 1 fully saturated rings. The lowest BCUT2D eigenvalue weighted by atomic mass is 10.3. The average Bonchev–Trinajstić information content (AvgIpc) is 3.43. The van der Waals surface area contributed by atoms with E-state index in [-0.39, 0.29) is 11.2 Å². The number of hydrogen-bond donors (Lipinski definition) is 0. The molecule has 1 aromatic heterocycles. The quantitative estimate of drug-likeness (QED) is 0.590. The Balaban J connectivity index is 1.49. The van der Waals surface area contributed by atoms with Crippen LogP contribution in [0.2, 0.25) is 5.02 Å². The van der Waals surface area contributed by atoms with Gasteiger partial charge in [-0.2, -0.15) is 0 Å². The van der Waals surface area contributed by atoms with Gasteiger partial charge in [0.15, 0.2) is 5.16 Å². The third-order valence-corrected chi connectivity index (χ3v) is 5.84. The van der Waals surface area contributed by atoms with E-state index >= 15 is 0 Å². The third kappa shape index (κ3) is 5.17. The predicted molar refractivity (Wildman–Crippen MR) is 108 cm³/mol. The minimum absolute atomic E-state index is 0.0540. The molecular weight excluding hydrogens is 384 g/mol. The zero-order valence-corrected chi connectivity index (χ0v) is 17.5. The van der Waals surface area contributed by atoms with Crippen molar-refractivity contribution in [2.45, 2.75) is 49.6 Å². The number of halogens is 1. The van der Waals surface area contributed by atoms with E-state index in [0.717, 1.165) is 23.3 Å². The van der Waals surface area contributed by atoms with Crippen LogP contribution in [0.1, 0.15) is 38.4 Å². The van der Waals surface area contributed by atoms with Crippen molar-refractivity contribution < 1.29 is 9.53 Å². The first-order chi connectivity index (χ1) is 13.0. The second kappa shape index (κ2) is 8.97. The Bertz CT molecular complexity index is 777. The average molecular weight is 409 g/mol. The van der Waals surface area contributed by atoms with Gasteiger partial charge < -0.3 is 14.2 Å². The Hall–Kier alpha value is -1.73. The van der Waals surface area contributed by atoms with Crippen LogP contribution in [-0.2, 0) is 11.3 Å². The number of carbonyl (C=O) groups excluding carboxylic acids is 1. The highest BCUT2D eigenvalue weighted by Crippen LogP contribution is 2.40. The Morgan fingerprint density at radius 1 is 1.37 bits per heavy atom. The molecule has 8 heteroatoms. The molecule has 2 aromatic rings. The van der Waals surface area contributed by atoms with Gasteiger partial charge >= 0.3 is 0 Å². The maximum atomic E-state index is 12.7. The van der Waals surface area contributed by atoms with E-state index in [1.54, 1.807) is 24.1 Å². The van der Waals surface area contributed by atoms with E-state index in [1.165, 1.54) is 24.6 Å². The van der Waals surface area contributed by atoms with Gasteiger partial charge in [-0.3, -0.25) is 4.79 Å². The van der Waals surface area contributed by atoms with Crippen LogP contribution < -0.4 is 4.74 Å². The predicted octanol–water partition coefficient (Wildman–Crippen LogP) is 3.85. The molecule has 0 radical (unpaired) electrons. The lowest BCUT2D eigenvalue weighted by Crippen LogP contribution is -2.36. The smallest absolute Gasteiger partial charge is 0.235 e. The van der Waals surface area contributed by atoms with Crippen molar-refractivity contribution in [1.29, 1.82) is 0 Å². The molecule has 1 aliphatic carbocycles. The van der Waals surface area contributed by atoms with Crippen LogP contribution >= 0.6 is 23.4 Å². The van der Waals surface area contributed by atoms with E-state index in [9.17, 15) is 4.79 Å². The number of rotatable bonds is 9. The lowest BCUT2D eigenvalue weighted by Gasteiger charge is -2.21. The highest BCUT2D eigenvalue weighted by molar-refractivity contribution is 8.00. The molecule has 146 valence electrons. The maximum absolute atomic E-state index is 12.7. The van der Waals surface area contributed by atoms with Crippen LogP contribution in [-0.4, -0.2) is 51.0 Å². The summed E-state index contributed by atoms with van der Waals surface area (Å²) >= 11 is 7.33. The number of benzene rings is 1. The summed E-state index contributed by atoms with van der Waals surface area (Å²) in [6, 6.07) is 7.20. The Kier molecular flexibility index (Phi) is 6.65. The van der Waals surface area contributed by atoms with Crippen LogP contribution in [0.5, 0.6) is 5.75 Å². The monoisotopic (exact) mass is 408 g/mol. The van der Waals surface area contributed by atoms with Crippen molar-refractivity contribution in [2.75, 3.05) is 20.2 Å². The molecular formula is C19H25ClN4O2S. The van der Waals surface area contributed by atoms with Crippen molar-refractivity contribution in [3.8, 4) is 5.75 Å². The number of hydrogen-bond acceptors (Lipinski definition) is 5. The first kappa shape index (κ1) is 20.0. The highest BCUT2D eigenvalue weighted by Gasteiger charge is 2.31. The van der Waals surface area contributed by atoms with Gasteiger partial charge in [0.25, 0.3) is 0 Å². The van der Waals surface area contributed by atoms with E-state index in [1.807, 2.05) is 19.1 Å². The topological polar surface area (TPSA) is 60.2 Å². The van der Waals surface area contributed by atoms with Crippen molar-refractivity contribution in [2.24, 2.45) is 0 Å². The summed E-state index contributed by atoms with van der Waals surface area (Å²) in [6.07, 6.45) is 2.38. The zero-order chi connectivity index (χ0) is 19.4. The minimum Gasteiger partial charge on any atom is -0.492 e. The molecule has 27 heavy (non-hydrogen) atoms. The molecule has 0 spiro atoms. The molecule has 3 rings (SSSR count). The maximum Gasteiger partial charge on any atom is 0.235 e. The molecule has 1 amide bonds. The van der Waals surface area contributed by atoms with Gasteiger partial charge in [0.05, 0.1) is 11.8 Å². The fourth-order valence-corrected chi connectivity index (χ4v) is 3.95. The second-order valence-electron chi connectivity index (χ2n) is 6.68. The molecule has 0 aliphatic heterocycles. The van der Waals surface area contributed by atoms with Crippen molar-refractivity contribution in [3.63, 3.8) is 0 Å². The van der Waals surface area contributed by atoms with Crippen molar-refractivity contribution in [1.82, 2.24) is 19.7 Å². The third-order valence-electron chi connectivity index (χ3n) is 4.52. The molecule has 1 unspecified atom stereocenters. The second-order valence-corrected chi connectivity index (χ2v) is 8.43. The van der Waals surface area contributed by atoms with Gasteiger partial charge in [-0.15, -0.1) is 10.2 Å². The van der Waals surface area contributed by atoms with Gasteiger partial charge in [0.2, 0.25) is 5.91 Å². The molecule has 1 heterocycles. The van der Waals surface area contributed by atoms with Crippen LogP contribution in [0, 0.1) is 0 Å². The first-order valence-electron chi connectivity index (χ1n) is 9.22. The summed E-state index contributed by atoms with van der Waals surface area (Å²) in [5, 5.41) is 9.91. The lowest BCUT2D eigenvalue weighted by molar-refractivity contribution is -0.129. The number of ether oxygens (including phenoxy) is 1. The first-order valence-corrected chi connectivity index (χ1v) is 10.5. The number of carbonyl (C=O) groups is 1. The number of nitrogens with zero attached hydrogens (tertiary/aromatic N) is 4. The van der Waals surface area contributed by atoms with Gasteiger partial charge in [-0.25, -0.2) is 0 Å². The van der Waals surface area contributed by atoms with Crippen molar-refractivity contribution >= 4 is 29.3 Å². The SMILES string of the molecule is CCn1c(SC(C)C(=O)N(C)CCOc2ccc(Cl)cc2)nnc1C1CC1. The normalized spacial score (nSPS) is 14.8. The molecule has 0 saturated heterocycles.